The maximum atomic E-state index is 11.6. The molecular formula is C15H18N4O4. The minimum absolute atomic E-state index is 0.0967. The monoisotopic (exact) mass is 318 g/mol. The molecule has 1 aromatic carbocycles. The molecule has 0 unspecified atom stereocenters. The quantitative estimate of drug-likeness (QED) is 0.504. The van der Waals surface area contributed by atoms with Crippen LogP contribution in [0.5, 0.6) is 0 Å². The molecule has 3 rings (SSSR count). The van der Waals surface area contributed by atoms with E-state index in [4.69, 9.17) is 0 Å². The Hall–Kier alpha value is -2.48. The Morgan fingerprint density at radius 3 is 2.52 bits per heavy atom. The van der Waals surface area contributed by atoms with Gasteiger partial charge >= 0.3 is 11.1 Å². The van der Waals surface area contributed by atoms with Gasteiger partial charge in [-0.1, -0.05) is 6.92 Å². The zero-order chi connectivity index (χ0) is 16.6. The number of aromatic amines is 2. The average Bonchev–Trinajstić information content (AvgIpc) is 2.51. The van der Waals surface area contributed by atoms with E-state index in [2.05, 4.69) is 21.8 Å². The van der Waals surface area contributed by atoms with Gasteiger partial charge in [-0.05, 0) is 37.4 Å². The molecule has 2 heterocycles. The molecule has 1 aliphatic rings. The highest BCUT2D eigenvalue weighted by Crippen LogP contribution is 2.24. The van der Waals surface area contributed by atoms with Crippen LogP contribution in [0.25, 0.3) is 11.0 Å². The summed E-state index contributed by atoms with van der Waals surface area (Å²) in [4.78, 5) is 40.8. The van der Waals surface area contributed by atoms with Gasteiger partial charge in [0.15, 0.2) is 0 Å². The van der Waals surface area contributed by atoms with E-state index in [9.17, 15) is 19.7 Å². The topological polar surface area (TPSA) is 112 Å². The zero-order valence-electron chi connectivity index (χ0n) is 12.8. The van der Waals surface area contributed by atoms with E-state index in [0.717, 1.165) is 25.9 Å². The molecular weight excluding hydrogens is 300 g/mol. The molecule has 0 bridgehead atoms. The number of nitro benzene ring substituents is 1. The third-order valence-electron chi connectivity index (χ3n) is 4.38. The first-order valence-corrected chi connectivity index (χ1v) is 7.60. The lowest BCUT2D eigenvalue weighted by molar-refractivity contribution is -0.384. The van der Waals surface area contributed by atoms with Crippen molar-refractivity contribution >= 4 is 16.7 Å². The van der Waals surface area contributed by atoms with Crippen LogP contribution in [0, 0.1) is 16.0 Å². The predicted molar refractivity (Wildman–Crippen MR) is 85.5 cm³/mol. The molecule has 0 spiro atoms. The Morgan fingerprint density at radius 1 is 1.22 bits per heavy atom. The lowest BCUT2D eigenvalue weighted by atomic mass is 9.98. The summed E-state index contributed by atoms with van der Waals surface area (Å²) in [5, 5.41) is 11.1. The SMILES string of the molecule is CC1CCN(Cc2cc([N+](=O)[O-])cc3[nH]c(=O)c(=O)[nH]c23)CC1. The second kappa shape index (κ2) is 5.96. The van der Waals surface area contributed by atoms with Gasteiger partial charge in [0, 0.05) is 18.7 Å². The summed E-state index contributed by atoms with van der Waals surface area (Å²) in [5.41, 5.74) is -0.267. The number of aromatic nitrogens is 2. The van der Waals surface area contributed by atoms with Gasteiger partial charge in [-0.3, -0.25) is 24.6 Å². The molecule has 2 N–H and O–H groups in total. The summed E-state index contributed by atoms with van der Waals surface area (Å²) in [6, 6.07) is 2.74. The van der Waals surface area contributed by atoms with Crippen LogP contribution >= 0.6 is 0 Å². The Morgan fingerprint density at radius 2 is 1.87 bits per heavy atom. The Labute approximate surface area is 131 Å². The van der Waals surface area contributed by atoms with E-state index in [1.165, 1.54) is 12.1 Å². The predicted octanol–water partition coefficient (Wildman–Crippen LogP) is 1.36. The number of non-ortho nitro benzene ring substituents is 1. The van der Waals surface area contributed by atoms with Gasteiger partial charge in [-0.2, -0.15) is 0 Å². The van der Waals surface area contributed by atoms with Gasteiger partial charge in [-0.25, -0.2) is 0 Å². The lowest BCUT2D eigenvalue weighted by Crippen LogP contribution is -2.33. The number of piperidine rings is 1. The number of nitrogens with one attached hydrogen (secondary N) is 2. The molecule has 122 valence electrons. The Balaban J connectivity index is 2.06. The maximum Gasteiger partial charge on any atom is 0.314 e. The molecule has 0 aliphatic carbocycles. The highest BCUT2D eigenvalue weighted by molar-refractivity contribution is 5.80. The first-order valence-electron chi connectivity index (χ1n) is 7.60. The third kappa shape index (κ3) is 3.16. The number of fused-ring (bicyclic) bond motifs is 1. The summed E-state index contributed by atoms with van der Waals surface area (Å²) >= 11 is 0. The summed E-state index contributed by atoms with van der Waals surface area (Å²) in [6.45, 7) is 4.55. The van der Waals surface area contributed by atoms with Crippen molar-refractivity contribution in [1.29, 1.82) is 0 Å². The van der Waals surface area contributed by atoms with Crippen LogP contribution in [0.3, 0.4) is 0 Å². The Bertz CT molecular complexity index is 862. The molecule has 0 amide bonds. The fourth-order valence-corrected chi connectivity index (χ4v) is 2.97. The fraction of sp³-hybridized carbons (Fsp3) is 0.467. The van der Waals surface area contributed by atoms with Crippen LogP contribution in [0.15, 0.2) is 21.7 Å². The largest absolute Gasteiger partial charge is 0.316 e. The van der Waals surface area contributed by atoms with Gasteiger partial charge in [0.2, 0.25) is 0 Å². The van der Waals surface area contributed by atoms with Crippen molar-refractivity contribution in [2.45, 2.75) is 26.3 Å². The molecule has 2 aromatic rings. The van der Waals surface area contributed by atoms with Crippen molar-refractivity contribution in [3.05, 3.63) is 48.5 Å². The van der Waals surface area contributed by atoms with E-state index in [-0.39, 0.29) is 11.2 Å². The third-order valence-corrected chi connectivity index (χ3v) is 4.38. The smallest absolute Gasteiger partial charge is 0.314 e. The number of nitro groups is 1. The van der Waals surface area contributed by atoms with Crippen molar-refractivity contribution < 1.29 is 4.92 Å². The first-order chi connectivity index (χ1) is 10.9. The molecule has 0 radical (unpaired) electrons. The van der Waals surface area contributed by atoms with E-state index < -0.39 is 16.0 Å². The van der Waals surface area contributed by atoms with Gasteiger partial charge in [0.25, 0.3) is 5.69 Å². The van der Waals surface area contributed by atoms with Crippen LogP contribution in [0.1, 0.15) is 25.3 Å². The number of nitrogens with zero attached hydrogens (tertiary/aromatic N) is 2. The number of H-pyrrole nitrogens is 2. The fourth-order valence-electron chi connectivity index (χ4n) is 2.97. The second-order valence-electron chi connectivity index (χ2n) is 6.15. The number of hydrogen-bond acceptors (Lipinski definition) is 5. The highest BCUT2D eigenvalue weighted by Gasteiger charge is 2.19. The van der Waals surface area contributed by atoms with Crippen LogP contribution in [-0.4, -0.2) is 32.9 Å². The minimum atomic E-state index is -0.809. The standard InChI is InChI=1S/C15H18N4O4/c1-9-2-4-18(5-3-9)8-10-6-11(19(22)23)7-12-13(10)17-15(21)14(20)16-12/h6-7,9H,2-5,8H2,1H3,(H,16,20)(H,17,21). The van der Waals surface area contributed by atoms with E-state index in [1.807, 2.05) is 0 Å². The number of hydrogen-bond donors (Lipinski definition) is 2. The Kier molecular flexibility index (Phi) is 3.99. The second-order valence-corrected chi connectivity index (χ2v) is 6.15. The summed E-state index contributed by atoms with van der Waals surface area (Å²) in [6.07, 6.45) is 2.17. The number of likely N-dealkylation sites (tertiary alicyclic amines) is 1. The molecule has 23 heavy (non-hydrogen) atoms. The van der Waals surface area contributed by atoms with E-state index in [0.29, 0.717) is 23.5 Å². The van der Waals surface area contributed by atoms with Crippen LogP contribution in [0.4, 0.5) is 5.69 Å². The normalized spacial score (nSPS) is 16.7. The van der Waals surface area contributed by atoms with E-state index >= 15 is 0 Å². The molecule has 0 saturated carbocycles. The van der Waals surface area contributed by atoms with Gasteiger partial charge in [0.05, 0.1) is 16.0 Å². The lowest BCUT2D eigenvalue weighted by Gasteiger charge is -2.30. The molecule has 8 nitrogen and oxygen atoms in total. The number of rotatable bonds is 3. The molecule has 8 heteroatoms. The van der Waals surface area contributed by atoms with Crippen molar-refractivity contribution in [3.63, 3.8) is 0 Å². The van der Waals surface area contributed by atoms with E-state index in [1.54, 1.807) is 0 Å². The average molecular weight is 318 g/mol. The summed E-state index contributed by atoms with van der Waals surface area (Å²) in [5.74, 6) is 0.685. The molecule has 1 aromatic heterocycles. The summed E-state index contributed by atoms with van der Waals surface area (Å²) < 4.78 is 0. The zero-order valence-corrected chi connectivity index (χ0v) is 12.8. The minimum Gasteiger partial charge on any atom is -0.316 e. The summed E-state index contributed by atoms with van der Waals surface area (Å²) in [7, 11) is 0. The van der Waals surface area contributed by atoms with Crippen molar-refractivity contribution in [2.24, 2.45) is 5.92 Å². The van der Waals surface area contributed by atoms with Crippen LogP contribution < -0.4 is 11.1 Å². The molecule has 0 atom stereocenters. The van der Waals surface area contributed by atoms with Crippen LogP contribution in [0.2, 0.25) is 0 Å². The van der Waals surface area contributed by atoms with Crippen LogP contribution in [-0.2, 0) is 6.54 Å². The van der Waals surface area contributed by atoms with Gasteiger partial charge < -0.3 is 9.97 Å². The molecule has 1 aliphatic heterocycles. The van der Waals surface area contributed by atoms with Crippen molar-refractivity contribution in [2.75, 3.05) is 13.1 Å². The molecule has 1 fully saturated rings. The van der Waals surface area contributed by atoms with Crippen molar-refractivity contribution in [1.82, 2.24) is 14.9 Å². The maximum absolute atomic E-state index is 11.6. The highest BCUT2D eigenvalue weighted by atomic mass is 16.6. The number of benzene rings is 1. The van der Waals surface area contributed by atoms with Gasteiger partial charge in [-0.15, -0.1) is 0 Å². The first kappa shape index (κ1) is 15.4. The molecule has 1 saturated heterocycles. The van der Waals surface area contributed by atoms with Crippen molar-refractivity contribution in [3.8, 4) is 0 Å². The van der Waals surface area contributed by atoms with Gasteiger partial charge in [0.1, 0.15) is 0 Å².